The van der Waals surface area contributed by atoms with Crippen molar-refractivity contribution in [3.05, 3.63) is 51.5 Å². The van der Waals surface area contributed by atoms with Crippen LogP contribution in [0.25, 0.3) is 11.1 Å². The van der Waals surface area contributed by atoms with Gasteiger partial charge in [0.1, 0.15) is 12.4 Å². The highest BCUT2D eigenvalue weighted by Gasteiger charge is 2.17. The molecule has 0 bridgehead atoms. The number of carbonyl (C=O) groups is 1. The van der Waals surface area contributed by atoms with Gasteiger partial charge in [0.2, 0.25) is 0 Å². The first-order chi connectivity index (χ1) is 16.1. The standard InChI is InChI=1S/C27H36BrClO4/c1-2-3-4-5-6-7-8-9-10-11-16-33-27(31)22-19-24(21-13-12-14-23(29)18-21)26(25(28)20-22)32-17-15-30/h12-14,18-20,30H,2-11,15-17H2,1H3. The molecule has 33 heavy (non-hydrogen) atoms. The highest BCUT2D eigenvalue weighted by molar-refractivity contribution is 9.10. The Bertz CT molecular complexity index is 856. The Morgan fingerprint density at radius 1 is 0.939 bits per heavy atom. The lowest BCUT2D eigenvalue weighted by atomic mass is 10.0. The summed E-state index contributed by atoms with van der Waals surface area (Å²) in [5.74, 6) is 0.196. The maximum Gasteiger partial charge on any atom is 0.338 e. The third kappa shape index (κ3) is 10.1. The third-order valence-electron chi connectivity index (χ3n) is 5.48. The van der Waals surface area contributed by atoms with Gasteiger partial charge in [-0.15, -0.1) is 0 Å². The molecule has 0 saturated heterocycles. The Hall–Kier alpha value is -1.56. The maximum atomic E-state index is 12.7. The van der Waals surface area contributed by atoms with E-state index >= 15 is 0 Å². The van der Waals surface area contributed by atoms with Gasteiger partial charge in [-0.3, -0.25) is 0 Å². The molecule has 2 aromatic carbocycles. The van der Waals surface area contributed by atoms with E-state index in [1.165, 1.54) is 51.4 Å². The molecule has 1 N–H and O–H groups in total. The summed E-state index contributed by atoms with van der Waals surface area (Å²) in [6.07, 6.45) is 12.4. The molecule has 0 aliphatic heterocycles. The SMILES string of the molecule is CCCCCCCCCCCCOC(=O)c1cc(Br)c(OCCO)c(-c2cccc(Cl)c2)c1. The molecule has 0 unspecified atom stereocenters. The topological polar surface area (TPSA) is 55.8 Å². The van der Waals surface area contributed by atoms with Crippen LogP contribution in [-0.2, 0) is 4.74 Å². The van der Waals surface area contributed by atoms with Crippen LogP contribution in [0.1, 0.15) is 81.5 Å². The zero-order valence-electron chi connectivity index (χ0n) is 19.6. The van der Waals surface area contributed by atoms with Crippen LogP contribution in [0.2, 0.25) is 5.02 Å². The van der Waals surface area contributed by atoms with Gasteiger partial charge in [0.25, 0.3) is 0 Å². The molecule has 2 aromatic rings. The molecule has 0 aliphatic carbocycles. The molecule has 0 heterocycles. The smallest absolute Gasteiger partial charge is 0.338 e. The molecule has 0 aliphatic rings. The van der Waals surface area contributed by atoms with E-state index in [1.807, 2.05) is 18.2 Å². The summed E-state index contributed by atoms with van der Waals surface area (Å²) in [5.41, 5.74) is 1.98. The number of rotatable bonds is 16. The molecular formula is C27H36BrClO4. The van der Waals surface area contributed by atoms with E-state index in [4.69, 9.17) is 26.2 Å². The summed E-state index contributed by atoms with van der Waals surface area (Å²) >= 11 is 9.67. The Morgan fingerprint density at radius 3 is 2.24 bits per heavy atom. The Labute approximate surface area is 211 Å². The van der Waals surface area contributed by atoms with Crippen LogP contribution < -0.4 is 4.74 Å². The summed E-state index contributed by atoms with van der Waals surface area (Å²) in [5, 5.41) is 9.75. The van der Waals surface area contributed by atoms with Gasteiger partial charge < -0.3 is 14.6 Å². The van der Waals surface area contributed by atoms with Crippen molar-refractivity contribution in [2.45, 2.75) is 71.1 Å². The van der Waals surface area contributed by atoms with Gasteiger partial charge in [-0.05, 0) is 52.2 Å². The molecule has 6 heteroatoms. The van der Waals surface area contributed by atoms with Gasteiger partial charge in [-0.25, -0.2) is 4.79 Å². The maximum absolute atomic E-state index is 12.7. The number of halogens is 2. The average molecular weight is 540 g/mol. The monoisotopic (exact) mass is 538 g/mol. The van der Waals surface area contributed by atoms with Crippen molar-refractivity contribution in [1.29, 1.82) is 0 Å². The van der Waals surface area contributed by atoms with Crippen LogP contribution in [0.4, 0.5) is 0 Å². The number of benzene rings is 2. The number of hydrogen-bond acceptors (Lipinski definition) is 4. The first kappa shape index (κ1) is 27.7. The first-order valence-corrected chi connectivity index (χ1v) is 13.2. The van der Waals surface area contributed by atoms with Crippen molar-refractivity contribution in [3.8, 4) is 16.9 Å². The van der Waals surface area contributed by atoms with Crippen molar-refractivity contribution >= 4 is 33.5 Å². The van der Waals surface area contributed by atoms with Gasteiger partial charge in [0.05, 0.1) is 23.2 Å². The third-order valence-corrected chi connectivity index (χ3v) is 6.31. The molecule has 0 saturated carbocycles. The molecule has 0 atom stereocenters. The number of ether oxygens (including phenoxy) is 2. The predicted octanol–water partition coefficient (Wildman–Crippen LogP) is 8.22. The summed E-state index contributed by atoms with van der Waals surface area (Å²) in [6, 6.07) is 10.8. The van der Waals surface area contributed by atoms with Crippen LogP contribution in [0.15, 0.2) is 40.9 Å². The number of hydrogen-bond donors (Lipinski definition) is 1. The molecule has 0 radical (unpaired) electrons. The van der Waals surface area contributed by atoms with Gasteiger partial charge in [0.15, 0.2) is 0 Å². The fraction of sp³-hybridized carbons (Fsp3) is 0.519. The van der Waals surface area contributed by atoms with E-state index in [-0.39, 0.29) is 19.2 Å². The lowest BCUT2D eigenvalue weighted by Crippen LogP contribution is -2.09. The first-order valence-electron chi connectivity index (χ1n) is 12.1. The lowest BCUT2D eigenvalue weighted by Gasteiger charge is -2.15. The fourth-order valence-corrected chi connectivity index (χ4v) is 4.48. The average Bonchev–Trinajstić information content (AvgIpc) is 2.81. The number of unbranched alkanes of at least 4 members (excludes halogenated alkanes) is 9. The minimum absolute atomic E-state index is 0.107. The fourth-order valence-electron chi connectivity index (χ4n) is 3.71. The zero-order valence-corrected chi connectivity index (χ0v) is 21.9. The Morgan fingerprint density at radius 2 is 1.61 bits per heavy atom. The zero-order chi connectivity index (χ0) is 23.9. The Balaban J connectivity index is 1.88. The normalized spacial score (nSPS) is 10.9. The van der Waals surface area contributed by atoms with Crippen LogP contribution >= 0.6 is 27.5 Å². The van der Waals surface area contributed by atoms with Gasteiger partial charge in [-0.2, -0.15) is 0 Å². The van der Waals surface area contributed by atoms with Crippen molar-refractivity contribution in [3.63, 3.8) is 0 Å². The van der Waals surface area contributed by atoms with Gasteiger partial charge >= 0.3 is 5.97 Å². The van der Waals surface area contributed by atoms with E-state index < -0.39 is 0 Å². The van der Waals surface area contributed by atoms with E-state index in [9.17, 15) is 4.79 Å². The highest BCUT2D eigenvalue weighted by Crippen LogP contribution is 2.38. The summed E-state index contributed by atoms with van der Waals surface area (Å²) < 4.78 is 11.9. The molecule has 0 fully saturated rings. The molecular weight excluding hydrogens is 504 g/mol. The minimum atomic E-state index is -0.358. The van der Waals surface area contributed by atoms with Crippen molar-refractivity contribution < 1.29 is 19.4 Å². The van der Waals surface area contributed by atoms with Crippen LogP contribution in [-0.4, -0.2) is 30.9 Å². The van der Waals surface area contributed by atoms with E-state index in [1.54, 1.807) is 18.2 Å². The quantitative estimate of drug-likeness (QED) is 0.172. The predicted molar refractivity (Wildman–Crippen MR) is 139 cm³/mol. The van der Waals surface area contributed by atoms with E-state index in [0.29, 0.717) is 33.0 Å². The molecule has 0 spiro atoms. The molecule has 2 rings (SSSR count). The van der Waals surface area contributed by atoms with Crippen LogP contribution in [0, 0.1) is 0 Å². The molecule has 0 amide bonds. The van der Waals surface area contributed by atoms with Crippen molar-refractivity contribution in [2.75, 3.05) is 19.8 Å². The number of carbonyl (C=O) groups excluding carboxylic acids is 1. The summed E-state index contributed by atoms with van der Waals surface area (Å²) in [4.78, 5) is 12.7. The minimum Gasteiger partial charge on any atom is -0.489 e. The second kappa shape index (κ2) is 16.1. The van der Waals surface area contributed by atoms with E-state index in [0.717, 1.165) is 18.4 Å². The largest absolute Gasteiger partial charge is 0.489 e. The molecule has 0 aromatic heterocycles. The number of esters is 1. The number of aliphatic hydroxyl groups excluding tert-OH is 1. The second-order valence-electron chi connectivity index (χ2n) is 8.24. The Kier molecular flexibility index (Phi) is 13.5. The van der Waals surface area contributed by atoms with Crippen molar-refractivity contribution in [1.82, 2.24) is 0 Å². The molecule has 182 valence electrons. The van der Waals surface area contributed by atoms with Crippen LogP contribution in [0.3, 0.4) is 0 Å². The summed E-state index contributed by atoms with van der Waals surface area (Å²) in [7, 11) is 0. The summed E-state index contributed by atoms with van der Waals surface area (Å²) in [6.45, 7) is 2.70. The number of aliphatic hydroxyl groups is 1. The van der Waals surface area contributed by atoms with Gasteiger partial charge in [0, 0.05) is 10.6 Å². The second-order valence-corrected chi connectivity index (χ2v) is 9.53. The molecule has 4 nitrogen and oxygen atoms in total. The van der Waals surface area contributed by atoms with Gasteiger partial charge in [-0.1, -0.05) is 88.4 Å². The van der Waals surface area contributed by atoms with E-state index in [2.05, 4.69) is 22.9 Å². The van der Waals surface area contributed by atoms with Crippen molar-refractivity contribution in [2.24, 2.45) is 0 Å². The lowest BCUT2D eigenvalue weighted by molar-refractivity contribution is 0.0497. The highest BCUT2D eigenvalue weighted by atomic mass is 79.9. The van der Waals surface area contributed by atoms with Crippen LogP contribution in [0.5, 0.6) is 5.75 Å².